The highest BCUT2D eigenvalue weighted by atomic mass is 16.3. The van der Waals surface area contributed by atoms with Crippen LogP contribution >= 0.6 is 0 Å². The van der Waals surface area contributed by atoms with Gasteiger partial charge in [0.05, 0.1) is 28.0 Å². The van der Waals surface area contributed by atoms with Crippen molar-refractivity contribution < 1.29 is 5.11 Å². The highest BCUT2D eigenvalue weighted by Crippen LogP contribution is 2.34. The normalized spacial score (nSPS) is 15.5. The molecule has 0 radical (unpaired) electrons. The van der Waals surface area contributed by atoms with Crippen molar-refractivity contribution in [2.45, 2.75) is 32.6 Å². The Kier molecular flexibility index (Phi) is 4.02. The monoisotopic (exact) mass is 373 g/mol. The maximum absolute atomic E-state index is 10.7. The third-order valence-electron chi connectivity index (χ3n) is 5.66. The van der Waals surface area contributed by atoms with Gasteiger partial charge in [0.15, 0.2) is 0 Å². The van der Waals surface area contributed by atoms with Crippen LogP contribution in [0.3, 0.4) is 0 Å². The van der Waals surface area contributed by atoms with Crippen molar-refractivity contribution in [2.75, 3.05) is 13.1 Å². The van der Waals surface area contributed by atoms with Gasteiger partial charge in [-0.1, -0.05) is 0 Å². The molecule has 0 spiro atoms. The minimum Gasteiger partial charge on any atom is -0.507 e. The summed E-state index contributed by atoms with van der Waals surface area (Å²) in [6.07, 6.45) is 6.10. The molecule has 5 heterocycles. The van der Waals surface area contributed by atoms with Gasteiger partial charge in [-0.25, -0.2) is 9.97 Å². The number of aromatic nitrogens is 4. The van der Waals surface area contributed by atoms with Crippen LogP contribution in [0.4, 0.5) is 0 Å². The average molecular weight is 373 g/mol. The number of hydrogen-bond donors (Lipinski definition) is 2. The highest BCUT2D eigenvalue weighted by molar-refractivity contribution is 5.80. The molecule has 1 aliphatic heterocycles. The number of pyridine rings is 3. The number of nitrogens with one attached hydrogen (secondary N) is 1. The first kappa shape index (κ1) is 17.1. The Morgan fingerprint density at radius 3 is 2.54 bits per heavy atom. The molecule has 6 heteroatoms. The van der Waals surface area contributed by atoms with E-state index in [2.05, 4.69) is 16.4 Å². The second-order valence-corrected chi connectivity index (χ2v) is 7.62. The second kappa shape index (κ2) is 6.56. The van der Waals surface area contributed by atoms with E-state index in [1.807, 2.05) is 48.8 Å². The van der Waals surface area contributed by atoms with Gasteiger partial charge in [0.25, 0.3) is 0 Å². The van der Waals surface area contributed by atoms with E-state index in [1.165, 1.54) is 0 Å². The Morgan fingerprint density at radius 1 is 0.964 bits per heavy atom. The first-order valence-electron chi connectivity index (χ1n) is 9.77. The molecule has 0 unspecified atom stereocenters. The number of imidazole rings is 1. The fourth-order valence-electron chi connectivity index (χ4n) is 4.11. The first-order chi connectivity index (χ1) is 13.6. The maximum Gasteiger partial charge on any atom is 0.143 e. The van der Waals surface area contributed by atoms with Gasteiger partial charge in [-0.2, -0.15) is 0 Å². The zero-order valence-electron chi connectivity index (χ0n) is 16.1. The number of fused-ring (bicyclic) bond motifs is 2. The molecule has 5 rings (SSSR count). The molecule has 0 atom stereocenters. The summed E-state index contributed by atoms with van der Waals surface area (Å²) < 4.78 is 1.95. The van der Waals surface area contributed by atoms with Crippen molar-refractivity contribution in [3.63, 3.8) is 0 Å². The first-order valence-corrected chi connectivity index (χ1v) is 9.77. The molecule has 0 aliphatic carbocycles. The Labute approximate surface area is 163 Å². The number of aryl methyl sites for hydroxylation is 2. The molecule has 0 amide bonds. The standard InChI is InChI=1S/C22H23N5O/c1-13-11-27-12-16(21(28)14(2)22(27)24-13)18-4-6-19-20(26-18)5-3-17(25-19)15-7-9-23-10-8-15/h3-6,11-12,15,23,28H,7-10H2,1-2H3. The van der Waals surface area contributed by atoms with E-state index >= 15 is 0 Å². The molecule has 1 fully saturated rings. The van der Waals surface area contributed by atoms with E-state index in [9.17, 15) is 5.11 Å². The van der Waals surface area contributed by atoms with Gasteiger partial charge in [0, 0.05) is 29.6 Å². The number of rotatable bonds is 2. The largest absolute Gasteiger partial charge is 0.507 e. The van der Waals surface area contributed by atoms with Crippen LogP contribution in [-0.4, -0.2) is 37.5 Å². The average Bonchev–Trinajstić information content (AvgIpc) is 3.11. The van der Waals surface area contributed by atoms with Gasteiger partial charge >= 0.3 is 0 Å². The molecule has 4 aromatic rings. The quantitative estimate of drug-likeness (QED) is 0.560. The Bertz CT molecular complexity index is 1190. The Balaban J connectivity index is 1.58. The molecule has 6 nitrogen and oxygen atoms in total. The molecule has 0 saturated carbocycles. The molecule has 2 N–H and O–H groups in total. The van der Waals surface area contributed by atoms with Gasteiger partial charge in [0.1, 0.15) is 11.4 Å². The lowest BCUT2D eigenvalue weighted by atomic mass is 9.94. The molecular formula is C22H23N5O. The van der Waals surface area contributed by atoms with Crippen molar-refractivity contribution in [3.8, 4) is 17.0 Å². The summed E-state index contributed by atoms with van der Waals surface area (Å²) in [7, 11) is 0. The topological polar surface area (TPSA) is 75.3 Å². The molecule has 0 bridgehead atoms. The fourth-order valence-corrected chi connectivity index (χ4v) is 4.11. The number of piperidine rings is 1. The van der Waals surface area contributed by atoms with E-state index in [-0.39, 0.29) is 5.75 Å². The van der Waals surface area contributed by atoms with Gasteiger partial charge in [-0.3, -0.25) is 4.98 Å². The maximum atomic E-state index is 10.7. The van der Waals surface area contributed by atoms with Crippen LogP contribution in [0.25, 0.3) is 27.9 Å². The van der Waals surface area contributed by atoms with Gasteiger partial charge < -0.3 is 14.8 Å². The molecule has 142 valence electrons. The lowest BCUT2D eigenvalue weighted by Crippen LogP contribution is -2.27. The molecule has 1 aliphatic rings. The van der Waals surface area contributed by atoms with E-state index in [4.69, 9.17) is 9.97 Å². The highest BCUT2D eigenvalue weighted by Gasteiger charge is 2.18. The van der Waals surface area contributed by atoms with E-state index in [0.717, 1.165) is 65.3 Å². The number of nitrogens with zero attached hydrogens (tertiary/aromatic N) is 4. The smallest absolute Gasteiger partial charge is 0.143 e. The van der Waals surface area contributed by atoms with Crippen LogP contribution in [0.2, 0.25) is 0 Å². The fraction of sp³-hybridized carbons (Fsp3) is 0.318. The van der Waals surface area contributed by atoms with Crippen molar-refractivity contribution >= 4 is 16.7 Å². The van der Waals surface area contributed by atoms with Crippen molar-refractivity contribution in [3.05, 3.63) is 53.6 Å². The summed E-state index contributed by atoms with van der Waals surface area (Å²) in [4.78, 5) is 14.1. The van der Waals surface area contributed by atoms with Crippen molar-refractivity contribution in [1.82, 2.24) is 24.7 Å². The summed E-state index contributed by atoms with van der Waals surface area (Å²) in [5.41, 5.74) is 6.77. The van der Waals surface area contributed by atoms with E-state index in [0.29, 0.717) is 11.5 Å². The van der Waals surface area contributed by atoms with Gasteiger partial charge in [-0.05, 0) is 64.0 Å². The third kappa shape index (κ3) is 2.81. The van der Waals surface area contributed by atoms with Crippen LogP contribution in [0.5, 0.6) is 5.75 Å². The van der Waals surface area contributed by atoms with E-state index < -0.39 is 0 Å². The molecule has 28 heavy (non-hydrogen) atoms. The minimum atomic E-state index is 0.226. The lowest BCUT2D eigenvalue weighted by Gasteiger charge is -2.22. The predicted molar refractivity (Wildman–Crippen MR) is 110 cm³/mol. The van der Waals surface area contributed by atoms with Gasteiger partial charge in [-0.15, -0.1) is 0 Å². The second-order valence-electron chi connectivity index (χ2n) is 7.62. The summed E-state index contributed by atoms with van der Waals surface area (Å²) in [6, 6.07) is 8.08. The molecule has 1 saturated heterocycles. The summed E-state index contributed by atoms with van der Waals surface area (Å²) in [5, 5.41) is 14.1. The van der Waals surface area contributed by atoms with Crippen LogP contribution in [0.1, 0.15) is 35.7 Å². The number of hydrogen-bond acceptors (Lipinski definition) is 5. The minimum absolute atomic E-state index is 0.226. The molecule has 4 aromatic heterocycles. The Morgan fingerprint density at radius 2 is 1.71 bits per heavy atom. The zero-order valence-corrected chi connectivity index (χ0v) is 16.1. The third-order valence-corrected chi connectivity index (χ3v) is 5.66. The molecular weight excluding hydrogens is 350 g/mol. The number of aromatic hydroxyl groups is 1. The predicted octanol–water partition coefficient (Wildman–Crippen LogP) is 3.73. The van der Waals surface area contributed by atoms with Crippen LogP contribution in [0, 0.1) is 13.8 Å². The Hall–Kier alpha value is -2.99. The summed E-state index contributed by atoms with van der Waals surface area (Å²) in [5.74, 6) is 0.744. The van der Waals surface area contributed by atoms with Crippen LogP contribution in [0.15, 0.2) is 36.7 Å². The lowest BCUT2D eigenvalue weighted by molar-refractivity contribution is 0.454. The van der Waals surface area contributed by atoms with Gasteiger partial charge in [0.2, 0.25) is 0 Å². The zero-order chi connectivity index (χ0) is 19.3. The summed E-state index contributed by atoms with van der Waals surface area (Å²) >= 11 is 0. The van der Waals surface area contributed by atoms with Crippen molar-refractivity contribution in [2.24, 2.45) is 0 Å². The van der Waals surface area contributed by atoms with Crippen LogP contribution < -0.4 is 5.32 Å². The summed E-state index contributed by atoms with van der Waals surface area (Å²) in [6.45, 7) is 5.93. The van der Waals surface area contributed by atoms with Crippen molar-refractivity contribution in [1.29, 1.82) is 0 Å². The molecule has 0 aromatic carbocycles. The van der Waals surface area contributed by atoms with Crippen LogP contribution in [-0.2, 0) is 0 Å². The SMILES string of the molecule is Cc1cn2cc(-c3ccc4nc(C5CCNCC5)ccc4n3)c(O)c(C)c2n1. The van der Waals surface area contributed by atoms with E-state index in [1.54, 1.807) is 0 Å².